The van der Waals surface area contributed by atoms with E-state index in [-0.39, 0.29) is 17.6 Å². The molecule has 2 aromatic carbocycles. The minimum absolute atomic E-state index is 0.0453. The van der Waals surface area contributed by atoms with Gasteiger partial charge in [0, 0.05) is 12.6 Å². The number of nitrogens with zero attached hydrogens (tertiary/aromatic N) is 1. The summed E-state index contributed by atoms with van der Waals surface area (Å²) < 4.78 is 0. The average Bonchev–Trinajstić information content (AvgIpc) is 2.46. The van der Waals surface area contributed by atoms with E-state index in [0.717, 1.165) is 11.1 Å². The molecule has 0 bridgehead atoms. The highest BCUT2D eigenvalue weighted by Crippen LogP contribution is 2.10. The van der Waals surface area contributed by atoms with Crippen molar-refractivity contribution in [3.63, 3.8) is 0 Å². The largest absolute Gasteiger partial charge is 0.508 e. The van der Waals surface area contributed by atoms with Crippen molar-refractivity contribution in [2.45, 2.75) is 19.4 Å². The Bertz CT molecular complexity index is 588. The lowest BCUT2D eigenvalue weighted by molar-refractivity contribution is -0.118. The molecule has 0 aliphatic carbocycles. The van der Waals surface area contributed by atoms with Gasteiger partial charge in [-0.15, -0.1) is 0 Å². The molecule has 0 fully saturated rings. The monoisotopic (exact) mass is 267 g/mol. The van der Waals surface area contributed by atoms with E-state index in [1.165, 1.54) is 0 Å². The zero-order valence-electron chi connectivity index (χ0n) is 11.4. The molecule has 2 rings (SSSR count). The Hall–Kier alpha value is -2.42. The first kappa shape index (κ1) is 14.0. The number of benzene rings is 2. The van der Waals surface area contributed by atoms with E-state index in [9.17, 15) is 9.90 Å². The summed E-state index contributed by atoms with van der Waals surface area (Å²) in [6, 6.07) is 16.2. The molecule has 0 radical (unpaired) electrons. The van der Waals surface area contributed by atoms with Crippen LogP contribution in [0.15, 0.2) is 59.6 Å². The summed E-state index contributed by atoms with van der Waals surface area (Å²) in [6.07, 6.45) is 2.28. The Morgan fingerprint density at radius 2 is 1.80 bits per heavy atom. The van der Waals surface area contributed by atoms with E-state index in [1.54, 1.807) is 37.4 Å². The topological polar surface area (TPSA) is 49.7 Å². The van der Waals surface area contributed by atoms with E-state index >= 15 is 0 Å². The van der Waals surface area contributed by atoms with Crippen LogP contribution < -0.4 is 0 Å². The third-order valence-corrected chi connectivity index (χ3v) is 3.04. The summed E-state index contributed by atoms with van der Waals surface area (Å²) in [5, 5.41) is 9.22. The number of ketones is 1. The van der Waals surface area contributed by atoms with Crippen molar-refractivity contribution in [1.82, 2.24) is 0 Å². The number of hydrogen-bond donors (Lipinski definition) is 1. The molecule has 0 aliphatic rings. The summed E-state index contributed by atoms with van der Waals surface area (Å²) in [6.45, 7) is 1.56. The van der Waals surface area contributed by atoms with Gasteiger partial charge in [-0.1, -0.05) is 30.3 Å². The number of phenolic OH excluding ortho intramolecular Hbond substituents is 1. The smallest absolute Gasteiger partial charge is 0.154 e. The molecule has 0 saturated heterocycles. The zero-order valence-corrected chi connectivity index (χ0v) is 11.4. The van der Waals surface area contributed by atoms with Crippen LogP contribution >= 0.6 is 0 Å². The molecule has 3 heteroatoms. The Morgan fingerprint density at radius 1 is 1.15 bits per heavy atom. The quantitative estimate of drug-likeness (QED) is 0.847. The summed E-state index contributed by atoms with van der Waals surface area (Å²) in [4.78, 5) is 16.0. The van der Waals surface area contributed by atoms with Gasteiger partial charge in [-0.2, -0.15) is 0 Å². The van der Waals surface area contributed by atoms with Crippen LogP contribution in [0.4, 0.5) is 0 Å². The van der Waals surface area contributed by atoms with Crippen LogP contribution in [0.2, 0.25) is 0 Å². The van der Waals surface area contributed by atoms with Crippen molar-refractivity contribution in [2.24, 2.45) is 4.99 Å². The van der Waals surface area contributed by atoms with Crippen LogP contribution in [-0.4, -0.2) is 23.1 Å². The van der Waals surface area contributed by atoms with E-state index in [0.29, 0.717) is 6.42 Å². The van der Waals surface area contributed by atoms with Crippen LogP contribution in [0.5, 0.6) is 5.75 Å². The number of Topliss-reactive ketones (excluding diaryl/α,β-unsaturated/α-hetero) is 1. The molecule has 3 nitrogen and oxygen atoms in total. The van der Waals surface area contributed by atoms with Crippen molar-refractivity contribution in [3.8, 4) is 5.75 Å². The first-order chi connectivity index (χ1) is 9.65. The molecule has 1 atom stereocenters. The average molecular weight is 267 g/mol. The van der Waals surface area contributed by atoms with Crippen LogP contribution in [0.1, 0.15) is 18.1 Å². The van der Waals surface area contributed by atoms with Gasteiger partial charge in [0.05, 0.1) is 0 Å². The molecule has 2 aromatic rings. The van der Waals surface area contributed by atoms with E-state index < -0.39 is 0 Å². The van der Waals surface area contributed by atoms with Gasteiger partial charge in [0.25, 0.3) is 0 Å². The van der Waals surface area contributed by atoms with Gasteiger partial charge in [0.15, 0.2) is 5.78 Å². The fourth-order valence-corrected chi connectivity index (χ4v) is 1.88. The highest BCUT2D eigenvalue weighted by molar-refractivity contribution is 5.86. The predicted molar refractivity (Wildman–Crippen MR) is 80.3 cm³/mol. The fraction of sp³-hybridized carbons (Fsp3) is 0.176. The lowest BCUT2D eigenvalue weighted by Gasteiger charge is -2.08. The van der Waals surface area contributed by atoms with Gasteiger partial charge in [0.2, 0.25) is 0 Å². The third-order valence-electron chi connectivity index (χ3n) is 3.04. The molecule has 0 unspecified atom stereocenters. The molecule has 102 valence electrons. The van der Waals surface area contributed by atoms with Gasteiger partial charge in [-0.3, -0.25) is 9.79 Å². The number of hydrogen-bond acceptors (Lipinski definition) is 3. The van der Waals surface area contributed by atoms with Crippen molar-refractivity contribution < 1.29 is 9.90 Å². The van der Waals surface area contributed by atoms with Crippen molar-refractivity contribution in [2.75, 3.05) is 0 Å². The highest BCUT2D eigenvalue weighted by atomic mass is 16.3. The number of aliphatic imine (C=N–C) groups is 1. The predicted octanol–water partition coefficient (Wildman–Crippen LogP) is 3.01. The molecule has 0 aromatic heterocycles. The first-order valence-corrected chi connectivity index (χ1v) is 6.52. The van der Waals surface area contributed by atoms with Crippen LogP contribution in [0, 0.1) is 0 Å². The molecular weight excluding hydrogens is 250 g/mol. The van der Waals surface area contributed by atoms with Crippen molar-refractivity contribution in [1.29, 1.82) is 0 Å². The molecule has 0 heterocycles. The molecule has 0 amide bonds. The standard InChI is InChI=1S/C17H17NO2/c1-13(19)17(11-14-5-3-2-4-6-14)18-12-15-7-9-16(20)10-8-15/h2-10,12,17,20H,11H2,1H3/t17-/m0/s1. The molecule has 1 N–H and O–H groups in total. The second-order valence-electron chi connectivity index (χ2n) is 4.69. The summed E-state index contributed by atoms with van der Waals surface area (Å²) in [5.74, 6) is 0.262. The van der Waals surface area contributed by atoms with Crippen molar-refractivity contribution >= 4 is 12.0 Å². The van der Waals surface area contributed by atoms with E-state index in [4.69, 9.17) is 0 Å². The van der Waals surface area contributed by atoms with Crippen LogP contribution in [-0.2, 0) is 11.2 Å². The Labute approximate surface area is 118 Å². The first-order valence-electron chi connectivity index (χ1n) is 6.52. The maximum Gasteiger partial charge on any atom is 0.154 e. The molecule has 0 spiro atoms. The van der Waals surface area contributed by atoms with Crippen LogP contribution in [0.25, 0.3) is 0 Å². The number of rotatable bonds is 5. The second kappa shape index (κ2) is 6.66. The van der Waals surface area contributed by atoms with Crippen LogP contribution in [0.3, 0.4) is 0 Å². The fourth-order valence-electron chi connectivity index (χ4n) is 1.88. The highest BCUT2D eigenvalue weighted by Gasteiger charge is 2.12. The maximum absolute atomic E-state index is 11.7. The normalized spacial score (nSPS) is 12.4. The maximum atomic E-state index is 11.7. The Kier molecular flexibility index (Phi) is 4.66. The second-order valence-corrected chi connectivity index (χ2v) is 4.69. The Balaban J connectivity index is 2.09. The SMILES string of the molecule is CC(=O)[C@H](Cc1ccccc1)N=Cc1ccc(O)cc1. The van der Waals surface area contributed by atoms with Gasteiger partial charge < -0.3 is 5.11 Å². The van der Waals surface area contributed by atoms with Gasteiger partial charge in [-0.25, -0.2) is 0 Å². The number of carbonyl (C=O) groups excluding carboxylic acids is 1. The number of phenols is 1. The zero-order chi connectivity index (χ0) is 14.4. The Morgan fingerprint density at radius 3 is 2.40 bits per heavy atom. The van der Waals surface area contributed by atoms with E-state index in [2.05, 4.69) is 4.99 Å². The summed E-state index contributed by atoms with van der Waals surface area (Å²) in [5.41, 5.74) is 1.96. The molecule has 0 saturated carbocycles. The molecular formula is C17H17NO2. The number of aromatic hydroxyl groups is 1. The van der Waals surface area contributed by atoms with Crippen molar-refractivity contribution in [3.05, 3.63) is 65.7 Å². The van der Waals surface area contributed by atoms with E-state index in [1.807, 2.05) is 30.3 Å². The minimum atomic E-state index is -0.369. The lowest BCUT2D eigenvalue weighted by atomic mass is 10.0. The van der Waals surface area contributed by atoms with Gasteiger partial charge >= 0.3 is 0 Å². The summed E-state index contributed by atoms with van der Waals surface area (Å²) >= 11 is 0. The lowest BCUT2D eigenvalue weighted by Crippen LogP contribution is -2.18. The van der Waals surface area contributed by atoms with Gasteiger partial charge in [-0.05, 0) is 42.3 Å². The minimum Gasteiger partial charge on any atom is -0.508 e. The third kappa shape index (κ3) is 4.05. The van der Waals surface area contributed by atoms with Gasteiger partial charge in [0.1, 0.15) is 11.8 Å². The summed E-state index contributed by atoms with van der Waals surface area (Å²) in [7, 11) is 0. The number of carbonyl (C=O) groups is 1. The molecule has 20 heavy (non-hydrogen) atoms. The molecule has 0 aliphatic heterocycles.